The number of hydrogen-bond donors (Lipinski definition) is 1. The Hall–Kier alpha value is -1.20. The SMILES string of the molecule is CCCNC(c1nc(CC)c(C)s1)c1cncn1C1CC1. The van der Waals surface area contributed by atoms with Crippen LogP contribution in [0.25, 0.3) is 0 Å². The van der Waals surface area contributed by atoms with Gasteiger partial charge in [0.05, 0.1) is 23.9 Å². The molecule has 4 nitrogen and oxygen atoms in total. The molecule has 3 rings (SSSR count). The monoisotopic (exact) mass is 304 g/mol. The van der Waals surface area contributed by atoms with E-state index in [1.807, 2.05) is 23.9 Å². The summed E-state index contributed by atoms with van der Waals surface area (Å²) in [5.41, 5.74) is 2.50. The first-order valence-corrected chi connectivity index (χ1v) is 8.77. The van der Waals surface area contributed by atoms with Crippen LogP contribution in [0.3, 0.4) is 0 Å². The van der Waals surface area contributed by atoms with Gasteiger partial charge < -0.3 is 9.88 Å². The van der Waals surface area contributed by atoms with Gasteiger partial charge in [0.25, 0.3) is 0 Å². The molecule has 1 unspecified atom stereocenters. The Morgan fingerprint density at radius 2 is 2.24 bits per heavy atom. The second-order valence-corrected chi connectivity index (χ2v) is 6.99. The molecule has 2 heterocycles. The summed E-state index contributed by atoms with van der Waals surface area (Å²) in [6.45, 7) is 7.55. The van der Waals surface area contributed by atoms with Gasteiger partial charge in [-0.3, -0.25) is 0 Å². The van der Waals surface area contributed by atoms with E-state index >= 15 is 0 Å². The van der Waals surface area contributed by atoms with Gasteiger partial charge in [0.2, 0.25) is 0 Å². The maximum Gasteiger partial charge on any atom is 0.116 e. The topological polar surface area (TPSA) is 42.7 Å². The number of aromatic nitrogens is 3. The van der Waals surface area contributed by atoms with Crippen molar-refractivity contribution >= 4 is 11.3 Å². The van der Waals surface area contributed by atoms with Crippen molar-refractivity contribution in [2.24, 2.45) is 0 Å². The second-order valence-electron chi connectivity index (χ2n) is 5.75. The van der Waals surface area contributed by atoms with Gasteiger partial charge in [-0.1, -0.05) is 13.8 Å². The van der Waals surface area contributed by atoms with Crippen molar-refractivity contribution in [2.45, 2.75) is 58.5 Å². The molecule has 2 aromatic heterocycles. The Morgan fingerprint density at radius 3 is 2.86 bits per heavy atom. The van der Waals surface area contributed by atoms with E-state index in [2.05, 4.69) is 35.6 Å². The summed E-state index contributed by atoms with van der Waals surface area (Å²) in [4.78, 5) is 10.6. The van der Waals surface area contributed by atoms with Gasteiger partial charge in [-0.2, -0.15) is 0 Å². The molecule has 0 aliphatic heterocycles. The van der Waals surface area contributed by atoms with Gasteiger partial charge in [-0.05, 0) is 39.2 Å². The highest BCUT2D eigenvalue weighted by atomic mass is 32.1. The van der Waals surface area contributed by atoms with Crippen LogP contribution in [0.15, 0.2) is 12.5 Å². The summed E-state index contributed by atoms with van der Waals surface area (Å²) < 4.78 is 2.34. The number of nitrogens with one attached hydrogen (secondary N) is 1. The lowest BCUT2D eigenvalue weighted by Gasteiger charge is -2.18. The lowest BCUT2D eigenvalue weighted by Crippen LogP contribution is -2.25. The van der Waals surface area contributed by atoms with E-state index < -0.39 is 0 Å². The predicted octanol–water partition coefficient (Wildman–Crippen LogP) is 3.63. The maximum absolute atomic E-state index is 4.87. The second kappa shape index (κ2) is 6.28. The molecule has 21 heavy (non-hydrogen) atoms. The van der Waals surface area contributed by atoms with E-state index in [1.54, 1.807) is 0 Å². The predicted molar refractivity (Wildman–Crippen MR) is 86.9 cm³/mol. The lowest BCUT2D eigenvalue weighted by atomic mass is 10.2. The number of hydrogen-bond acceptors (Lipinski definition) is 4. The van der Waals surface area contributed by atoms with Crippen molar-refractivity contribution in [1.29, 1.82) is 0 Å². The molecule has 0 amide bonds. The zero-order valence-corrected chi connectivity index (χ0v) is 13.9. The fourth-order valence-electron chi connectivity index (χ4n) is 2.71. The minimum atomic E-state index is 0.178. The van der Waals surface area contributed by atoms with Crippen LogP contribution in [-0.2, 0) is 6.42 Å². The highest BCUT2D eigenvalue weighted by molar-refractivity contribution is 7.11. The number of aryl methyl sites for hydroxylation is 2. The highest BCUT2D eigenvalue weighted by Crippen LogP contribution is 2.38. The van der Waals surface area contributed by atoms with E-state index in [-0.39, 0.29) is 6.04 Å². The average molecular weight is 304 g/mol. The number of rotatable bonds is 7. The molecule has 1 aliphatic carbocycles. The van der Waals surface area contributed by atoms with Gasteiger partial charge >= 0.3 is 0 Å². The Morgan fingerprint density at radius 1 is 1.43 bits per heavy atom. The van der Waals surface area contributed by atoms with Crippen LogP contribution in [0.1, 0.15) is 66.5 Å². The van der Waals surface area contributed by atoms with E-state index in [4.69, 9.17) is 4.98 Å². The van der Waals surface area contributed by atoms with Crippen LogP contribution in [0.5, 0.6) is 0 Å². The Balaban J connectivity index is 1.94. The highest BCUT2D eigenvalue weighted by Gasteiger charge is 2.29. The van der Waals surface area contributed by atoms with Gasteiger partial charge in [0.15, 0.2) is 0 Å². The van der Waals surface area contributed by atoms with Crippen LogP contribution in [0.2, 0.25) is 0 Å². The number of thiazole rings is 1. The standard InChI is InChI=1S/C16H24N4S/c1-4-8-18-15(16-19-13(5-2)11(3)21-16)14-9-17-10-20(14)12-6-7-12/h9-10,12,15,18H,4-8H2,1-3H3. The van der Waals surface area contributed by atoms with Crippen molar-refractivity contribution in [1.82, 2.24) is 19.9 Å². The summed E-state index contributed by atoms with van der Waals surface area (Å²) in [6.07, 6.45) is 8.68. The Kier molecular flexibility index (Phi) is 4.40. The van der Waals surface area contributed by atoms with Crippen molar-refractivity contribution in [3.05, 3.63) is 33.8 Å². The summed E-state index contributed by atoms with van der Waals surface area (Å²) >= 11 is 1.82. The van der Waals surface area contributed by atoms with Crippen molar-refractivity contribution in [3.8, 4) is 0 Å². The van der Waals surface area contributed by atoms with Crippen molar-refractivity contribution < 1.29 is 0 Å². The van der Waals surface area contributed by atoms with Crippen LogP contribution < -0.4 is 5.32 Å². The van der Waals surface area contributed by atoms with E-state index in [9.17, 15) is 0 Å². The van der Waals surface area contributed by atoms with Gasteiger partial charge in [0.1, 0.15) is 11.0 Å². The molecule has 1 atom stereocenters. The number of imidazole rings is 1. The van der Waals surface area contributed by atoms with Gasteiger partial charge in [-0.25, -0.2) is 9.97 Å². The third kappa shape index (κ3) is 3.04. The summed E-state index contributed by atoms with van der Waals surface area (Å²) in [6, 6.07) is 0.831. The molecule has 114 valence electrons. The fraction of sp³-hybridized carbons (Fsp3) is 0.625. The minimum absolute atomic E-state index is 0.178. The summed E-state index contributed by atoms with van der Waals surface area (Å²) in [7, 11) is 0. The lowest BCUT2D eigenvalue weighted by molar-refractivity contribution is 0.549. The van der Waals surface area contributed by atoms with Gasteiger partial charge in [0, 0.05) is 10.9 Å². The number of nitrogens with zero attached hydrogens (tertiary/aromatic N) is 3. The Labute approximate surface area is 130 Å². The quantitative estimate of drug-likeness (QED) is 0.849. The van der Waals surface area contributed by atoms with Crippen LogP contribution in [-0.4, -0.2) is 21.1 Å². The van der Waals surface area contributed by atoms with Crippen LogP contribution >= 0.6 is 11.3 Å². The molecule has 1 aliphatic rings. The molecule has 1 N–H and O–H groups in total. The molecule has 0 saturated heterocycles. The zero-order valence-electron chi connectivity index (χ0n) is 13.1. The largest absolute Gasteiger partial charge is 0.330 e. The molecule has 0 aromatic carbocycles. The summed E-state index contributed by atoms with van der Waals surface area (Å²) in [5.74, 6) is 0. The summed E-state index contributed by atoms with van der Waals surface area (Å²) in [5, 5.41) is 4.84. The van der Waals surface area contributed by atoms with Crippen LogP contribution in [0, 0.1) is 6.92 Å². The van der Waals surface area contributed by atoms with E-state index in [0.717, 1.165) is 19.4 Å². The molecule has 1 fully saturated rings. The third-order valence-electron chi connectivity index (χ3n) is 4.02. The van der Waals surface area contributed by atoms with Gasteiger partial charge in [-0.15, -0.1) is 11.3 Å². The molecule has 0 spiro atoms. The molecule has 0 radical (unpaired) electrons. The molecular formula is C16H24N4S. The van der Waals surface area contributed by atoms with Crippen molar-refractivity contribution in [2.75, 3.05) is 6.54 Å². The third-order valence-corrected chi connectivity index (χ3v) is 5.10. The Bertz CT molecular complexity index is 597. The maximum atomic E-state index is 4.87. The minimum Gasteiger partial charge on any atom is -0.330 e. The zero-order chi connectivity index (χ0) is 14.8. The van der Waals surface area contributed by atoms with E-state index in [0.29, 0.717) is 6.04 Å². The molecule has 1 saturated carbocycles. The molecule has 5 heteroatoms. The molecule has 0 bridgehead atoms. The van der Waals surface area contributed by atoms with E-state index in [1.165, 1.54) is 34.1 Å². The smallest absolute Gasteiger partial charge is 0.116 e. The average Bonchev–Trinajstić information content (AvgIpc) is 3.10. The van der Waals surface area contributed by atoms with Crippen LogP contribution in [0.4, 0.5) is 0 Å². The first-order valence-electron chi connectivity index (χ1n) is 7.95. The first kappa shape index (κ1) is 14.7. The first-order chi connectivity index (χ1) is 10.2. The fourth-order valence-corrected chi connectivity index (χ4v) is 3.80. The normalized spacial score (nSPS) is 16.3. The van der Waals surface area contributed by atoms with Crippen molar-refractivity contribution in [3.63, 3.8) is 0 Å². The molecular weight excluding hydrogens is 280 g/mol. The molecule has 2 aromatic rings.